The molecular weight excluding hydrogens is 338 g/mol. The Bertz CT molecular complexity index is 673. The first kappa shape index (κ1) is 15.3. The Balaban J connectivity index is 2.16. The summed E-state index contributed by atoms with van der Waals surface area (Å²) < 4.78 is 11.5. The summed E-state index contributed by atoms with van der Waals surface area (Å²) in [4.78, 5) is 10.6. The van der Waals surface area contributed by atoms with Crippen molar-refractivity contribution < 1.29 is 14.4 Å². The van der Waals surface area contributed by atoms with Crippen molar-refractivity contribution in [2.75, 3.05) is 7.11 Å². The van der Waals surface area contributed by atoms with Crippen molar-refractivity contribution in [3.8, 4) is 11.5 Å². The zero-order valence-corrected chi connectivity index (χ0v) is 13.2. The Morgan fingerprint density at radius 1 is 1.19 bits per heavy atom. The van der Waals surface area contributed by atoms with E-state index in [2.05, 4.69) is 15.9 Å². The molecule has 0 amide bonds. The lowest BCUT2D eigenvalue weighted by atomic mass is 10.2. The van der Waals surface area contributed by atoms with Gasteiger partial charge in [0.1, 0.15) is 12.4 Å². The highest BCUT2D eigenvalue weighted by Gasteiger charge is 2.15. The fraction of sp³-hybridized carbons (Fsp3) is 0.200. The van der Waals surface area contributed by atoms with Crippen LogP contribution in [0, 0.1) is 17.0 Å². The Morgan fingerprint density at radius 3 is 2.52 bits per heavy atom. The molecule has 2 aromatic rings. The van der Waals surface area contributed by atoms with Gasteiger partial charge in [-0.05, 0) is 52.2 Å². The molecule has 6 heteroatoms. The summed E-state index contributed by atoms with van der Waals surface area (Å²) in [7, 11) is 1.59. The van der Waals surface area contributed by atoms with Crippen LogP contribution in [0.4, 0.5) is 5.69 Å². The lowest BCUT2D eigenvalue weighted by Gasteiger charge is -2.09. The van der Waals surface area contributed by atoms with E-state index in [1.807, 2.05) is 18.2 Å². The SMILES string of the molecule is COc1ccc(COc2ccc(C)cc2[N+](=O)[O-])cc1Br. The molecule has 0 atom stereocenters. The summed E-state index contributed by atoms with van der Waals surface area (Å²) in [6.07, 6.45) is 0. The molecule has 0 heterocycles. The van der Waals surface area contributed by atoms with E-state index in [-0.39, 0.29) is 18.0 Å². The van der Waals surface area contributed by atoms with E-state index >= 15 is 0 Å². The summed E-state index contributed by atoms with van der Waals surface area (Å²) in [5.41, 5.74) is 1.68. The topological polar surface area (TPSA) is 61.6 Å². The molecule has 21 heavy (non-hydrogen) atoms. The van der Waals surface area contributed by atoms with Crippen LogP contribution in [0.15, 0.2) is 40.9 Å². The third-order valence-corrected chi connectivity index (χ3v) is 3.54. The first-order chi connectivity index (χ1) is 10.0. The summed E-state index contributed by atoms with van der Waals surface area (Å²) in [5, 5.41) is 11.0. The Labute approximate surface area is 130 Å². The molecule has 2 aromatic carbocycles. The minimum absolute atomic E-state index is 0.0254. The smallest absolute Gasteiger partial charge is 0.311 e. The average molecular weight is 352 g/mol. The normalized spacial score (nSPS) is 10.2. The van der Waals surface area contributed by atoms with Crippen LogP contribution < -0.4 is 9.47 Å². The van der Waals surface area contributed by atoms with Gasteiger partial charge in [0.2, 0.25) is 0 Å². The third kappa shape index (κ3) is 3.72. The second-order valence-corrected chi connectivity index (χ2v) is 5.34. The van der Waals surface area contributed by atoms with Crippen LogP contribution in [0.5, 0.6) is 11.5 Å². The molecule has 0 unspecified atom stereocenters. The van der Waals surface area contributed by atoms with Crippen molar-refractivity contribution in [2.45, 2.75) is 13.5 Å². The molecule has 0 fully saturated rings. The lowest BCUT2D eigenvalue weighted by molar-refractivity contribution is -0.386. The number of methoxy groups -OCH3 is 1. The molecule has 0 aliphatic carbocycles. The van der Waals surface area contributed by atoms with Crippen LogP contribution in [0.25, 0.3) is 0 Å². The van der Waals surface area contributed by atoms with Crippen molar-refractivity contribution in [2.24, 2.45) is 0 Å². The quantitative estimate of drug-likeness (QED) is 0.596. The largest absolute Gasteiger partial charge is 0.496 e. The predicted octanol–water partition coefficient (Wildman–Crippen LogP) is 4.25. The van der Waals surface area contributed by atoms with Gasteiger partial charge in [-0.1, -0.05) is 12.1 Å². The number of hydrogen-bond donors (Lipinski definition) is 0. The molecule has 0 aromatic heterocycles. The zero-order valence-electron chi connectivity index (χ0n) is 11.6. The van der Waals surface area contributed by atoms with Gasteiger partial charge < -0.3 is 9.47 Å². The Hall–Kier alpha value is -2.08. The van der Waals surface area contributed by atoms with Gasteiger partial charge in [0.15, 0.2) is 5.75 Å². The van der Waals surface area contributed by atoms with E-state index in [4.69, 9.17) is 9.47 Å². The van der Waals surface area contributed by atoms with Crippen LogP contribution in [0.1, 0.15) is 11.1 Å². The Kier molecular flexibility index (Phi) is 4.80. The molecule has 0 aliphatic rings. The molecule has 0 bridgehead atoms. The van der Waals surface area contributed by atoms with Crippen LogP contribution in [-0.4, -0.2) is 12.0 Å². The fourth-order valence-corrected chi connectivity index (χ4v) is 2.44. The molecule has 0 radical (unpaired) electrons. The standard InChI is InChI=1S/C15H14BrNO4/c1-10-3-5-15(13(7-10)17(18)19)21-9-11-4-6-14(20-2)12(16)8-11/h3-8H,9H2,1-2H3. The Morgan fingerprint density at radius 2 is 1.90 bits per heavy atom. The number of ether oxygens (including phenoxy) is 2. The highest BCUT2D eigenvalue weighted by atomic mass is 79.9. The molecule has 2 rings (SSSR count). The van der Waals surface area contributed by atoms with Crippen molar-refractivity contribution in [3.63, 3.8) is 0 Å². The highest BCUT2D eigenvalue weighted by Crippen LogP contribution is 2.30. The predicted molar refractivity (Wildman–Crippen MR) is 82.9 cm³/mol. The van der Waals surface area contributed by atoms with Gasteiger partial charge in [-0.3, -0.25) is 10.1 Å². The number of aryl methyl sites for hydroxylation is 1. The maximum absolute atomic E-state index is 11.0. The molecule has 5 nitrogen and oxygen atoms in total. The van der Waals surface area contributed by atoms with E-state index in [1.165, 1.54) is 6.07 Å². The van der Waals surface area contributed by atoms with Crippen molar-refractivity contribution in [1.82, 2.24) is 0 Å². The van der Waals surface area contributed by atoms with E-state index in [0.29, 0.717) is 0 Å². The minimum atomic E-state index is -0.438. The molecular formula is C15H14BrNO4. The number of nitro benzene ring substituents is 1. The number of nitro groups is 1. The minimum Gasteiger partial charge on any atom is -0.496 e. The van der Waals surface area contributed by atoms with Crippen molar-refractivity contribution >= 4 is 21.6 Å². The van der Waals surface area contributed by atoms with Crippen LogP contribution in [0.3, 0.4) is 0 Å². The molecule has 0 saturated carbocycles. The van der Waals surface area contributed by atoms with Gasteiger partial charge in [-0.25, -0.2) is 0 Å². The number of benzene rings is 2. The van der Waals surface area contributed by atoms with Gasteiger partial charge >= 0.3 is 5.69 Å². The van der Waals surface area contributed by atoms with E-state index in [9.17, 15) is 10.1 Å². The van der Waals surface area contributed by atoms with Crippen molar-refractivity contribution in [1.29, 1.82) is 0 Å². The second kappa shape index (κ2) is 6.58. The highest BCUT2D eigenvalue weighted by molar-refractivity contribution is 9.10. The fourth-order valence-electron chi connectivity index (χ4n) is 1.85. The van der Waals surface area contributed by atoms with Crippen molar-refractivity contribution in [3.05, 3.63) is 62.1 Å². The van der Waals surface area contributed by atoms with Gasteiger partial charge in [0.25, 0.3) is 0 Å². The van der Waals surface area contributed by atoms with E-state index in [1.54, 1.807) is 26.2 Å². The maximum atomic E-state index is 11.0. The molecule has 0 aliphatic heterocycles. The van der Waals surface area contributed by atoms with Crippen LogP contribution in [-0.2, 0) is 6.61 Å². The molecule has 0 saturated heterocycles. The summed E-state index contributed by atoms with van der Waals surface area (Å²) in [6, 6.07) is 10.4. The van der Waals surface area contributed by atoms with Gasteiger partial charge in [0.05, 0.1) is 16.5 Å². The van der Waals surface area contributed by atoms with Gasteiger partial charge in [-0.15, -0.1) is 0 Å². The molecule has 0 spiro atoms. The number of rotatable bonds is 5. The van der Waals surface area contributed by atoms with Gasteiger partial charge in [0, 0.05) is 6.07 Å². The summed E-state index contributed by atoms with van der Waals surface area (Å²) in [6.45, 7) is 2.05. The van der Waals surface area contributed by atoms with E-state index < -0.39 is 4.92 Å². The van der Waals surface area contributed by atoms with Crippen LogP contribution in [0.2, 0.25) is 0 Å². The van der Waals surface area contributed by atoms with E-state index in [0.717, 1.165) is 21.3 Å². The van der Waals surface area contributed by atoms with Crippen LogP contribution >= 0.6 is 15.9 Å². The lowest BCUT2D eigenvalue weighted by Crippen LogP contribution is -2.00. The number of halogens is 1. The average Bonchev–Trinajstić information content (AvgIpc) is 2.46. The number of hydrogen-bond acceptors (Lipinski definition) is 4. The first-order valence-electron chi connectivity index (χ1n) is 6.21. The second-order valence-electron chi connectivity index (χ2n) is 4.49. The number of nitrogens with zero attached hydrogens (tertiary/aromatic N) is 1. The molecule has 0 N–H and O–H groups in total. The first-order valence-corrected chi connectivity index (χ1v) is 7.01. The monoisotopic (exact) mass is 351 g/mol. The van der Waals surface area contributed by atoms with Gasteiger partial charge in [-0.2, -0.15) is 0 Å². The zero-order chi connectivity index (χ0) is 15.4. The third-order valence-electron chi connectivity index (χ3n) is 2.92. The summed E-state index contributed by atoms with van der Waals surface area (Å²) >= 11 is 3.39. The molecule has 110 valence electrons. The maximum Gasteiger partial charge on any atom is 0.311 e. The summed E-state index contributed by atoms with van der Waals surface area (Å²) in [5.74, 6) is 0.984.